The molecule has 0 heterocycles. The topological polar surface area (TPSA) is 38.3 Å². The molecule has 0 saturated carbocycles. The quantitative estimate of drug-likeness (QED) is 0.492. The van der Waals surface area contributed by atoms with Crippen LogP contribution in [0.25, 0.3) is 6.08 Å². The highest BCUT2D eigenvalue weighted by atomic mass is 79.9. The summed E-state index contributed by atoms with van der Waals surface area (Å²) in [7, 11) is 0. The van der Waals surface area contributed by atoms with E-state index < -0.39 is 0 Å². The summed E-state index contributed by atoms with van der Waals surface area (Å²) >= 11 is 3.54. The molecule has 0 fully saturated rings. The number of hydrogen-bond donors (Lipinski definition) is 1. The molecule has 0 bridgehead atoms. The van der Waals surface area contributed by atoms with Crippen LogP contribution in [0.3, 0.4) is 0 Å². The van der Waals surface area contributed by atoms with E-state index in [4.69, 9.17) is 4.74 Å². The van der Waals surface area contributed by atoms with Crippen molar-refractivity contribution in [3.05, 3.63) is 64.1 Å². The number of para-hydroxylation sites is 1. The lowest BCUT2D eigenvalue weighted by Gasteiger charge is -2.09. The molecule has 0 atom stereocenters. The summed E-state index contributed by atoms with van der Waals surface area (Å²) in [5.74, 6) is 0.622. The van der Waals surface area contributed by atoms with E-state index >= 15 is 0 Å². The Hall–Kier alpha value is -2.07. The lowest BCUT2D eigenvalue weighted by molar-refractivity contribution is -0.111. The normalized spacial score (nSPS) is 10.9. The SMILES string of the molecule is CCCCc1ccc(NC(=O)/C=C/c2ccccc2OCCC)c(Br)c1. The van der Waals surface area contributed by atoms with Crippen molar-refractivity contribution in [1.82, 2.24) is 0 Å². The molecule has 138 valence electrons. The second kappa shape index (κ2) is 10.8. The van der Waals surface area contributed by atoms with Crippen molar-refractivity contribution in [2.24, 2.45) is 0 Å². The van der Waals surface area contributed by atoms with Crippen LogP contribution in [0.4, 0.5) is 5.69 Å². The number of amides is 1. The van der Waals surface area contributed by atoms with Gasteiger partial charge in [0, 0.05) is 16.1 Å². The number of anilines is 1. The van der Waals surface area contributed by atoms with E-state index in [1.807, 2.05) is 30.3 Å². The third-order valence-corrected chi connectivity index (χ3v) is 4.56. The lowest BCUT2D eigenvalue weighted by atomic mass is 10.1. The number of carbonyl (C=O) groups excluding carboxylic acids is 1. The molecule has 0 radical (unpaired) electrons. The largest absolute Gasteiger partial charge is 0.493 e. The first-order chi connectivity index (χ1) is 12.6. The molecular formula is C22H26BrNO2. The first kappa shape index (κ1) is 20.2. The Kier molecular flexibility index (Phi) is 8.42. The van der Waals surface area contributed by atoms with Gasteiger partial charge in [-0.25, -0.2) is 0 Å². The number of carbonyl (C=O) groups is 1. The van der Waals surface area contributed by atoms with Crippen LogP contribution >= 0.6 is 15.9 Å². The predicted octanol–water partition coefficient (Wildman–Crippen LogP) is 6.23. The van der Waals surface area contributed by atoms with Crippen LogP contribution in [-0.2, 0) is 11.2 Å². The molecule has 2 rings (SSSR count). The van der Waals surface area contributed by atoms with Crippen molar-refractivity contribution in [2.45, 2.75) is 39.5 Å². The fraction of sp³-hybridized carbons (Fsp3) is 0.318. The average Bonchev–Trinajstić information content (AvgIpc) is 2.65. The molecular weight excluding hydrogens is 390 g/mol. The summed E-state index contributed by atoms with van der Waals surface area (Å²) in [5.41, 5.74) is 2.94. The molecule has 1 amide bonds. The lowest BCUT2D eigenvalue weighted by Crippen LogP contribution is -2.08. The molecule has 0 saturated heterocycles. The third-order valence-electron chi connectivity index (χ3n) is 3.91. The Balaban J connectivity index is 2.01. The number of nitrogens with one attached hydrogen (secondary N) is 1. The minimum atomic E-state index is -0.169. The number of benzene rings is 2. The first-order valence-corrected chi connectivity index (χ1v) is 9.92. The maximum absolute atomic E-state index is 12.3. The van der Waals surface area contributed by atoms with E-state index in [2.05, 4.69) is 47.2 Å². The monoisotopic (exact) mass is 415 g/mol. The van der Waals surface area contributed by atoms with Crippen molar-refractivity contribution in [2.75, 3.05) is 11.9 Å². The Morgan fingerprint density at radius 3 is 2.69 bits per heavy atom. The highest BCUT2D eigenvalue weighted by molar-refractivity contribution is 9.10. The van der Waals surface area contributed by atoms with Gasteiger partial charge in [-0.15, -0.1) is 0 Å². The molecule has 2 aromatic rings. The standard InChI is InChI=1S/C22H26BrNO2/c1-3-5-8-17-11-13-20(19(23)16-17)24-22(25)14-12-18-9-6-7-10-21(18)26-15-4-2/h6-7,9-14,16H,3-5,8,15H2,1-2H3,(H,24,25)/b14-12+. The molecule has 0 aliphatic carbocycles. The molecule has 4 heteroatoms. The van der Waals surface area contributed by atoms with Crippen molar-refractivity contribution in [3.63, 3.8) is 0 Å². The summed E-state index contributed by atoms with van der Waals surface area (Å²) in [5, 5.41) is 2.91. The minimum absolute atomic E-state index is 0.169. The summed E-state index contributed by atoms with van der Waals surface area (Å²) in [6.45, 7) is 4.91. The van der Waals surface area contributed by atoms with E-state index in [1.54, 1.807) is 6.08 Å². The maximum Gasteiger partial charge on any atom is 0.248 e. The summed E-state index contributed by atoms with van der Waals surface area (Å²) in [4.78, 5) is 12.3. The summed E-state index contributed by atoms with van der Waals surface area (Å²) in [6, 6.07) is 13.8. The van der Waals surface area contributed by atoms with Gasteiger partial charge in [0.1, 0.15) is 5.75 Å². The number of unbranched alkanes of at least 4 members (excludes halogenated alkanes) is 1. The molecule has 0 spiro atoms. The van der Waals surface area contributed by atoms with Crippen LogP contribution in [0.1, 0.15) is 44.2 Å². The van der Waals surface area contributed by atoms with Crippen LogP contribution in [0.5, 0.6) is 5.75 Å². The molecule has 2 aromatic carbocycles. The van der Waals surface area contributed by atoms with E-state index in [9.17, 15) is 4.79 Å². The molecule has 0 aliphatic heterocycles. The third kappa shape index (κ3) is 6.34. The van der Waals surface area contributed by atoms with Crippen molar-refractivity contribution in [3.8, 4) is 5.75 Å². The van der Waals surface area contributed by atoms with Crippen LogP contribution < -0.4 is 10.1 Å². The zero-order valence-electron chi connectivity index (χ0n) is 15.4. The first-order valence-electron chi connectivity index (χ1n) is 9.13. The molecule has 3 nitrogen and oxygen atoms in total. The van der Waals surface area contributed by atoms with Gasteiger partial charge >= 0.3 is 0 Å². The molecule has 0 unspecified atom stereocenters. The zero-order chi connectivity index (χ0) is 18.8. The fourth-order valence-electron chi connectivity index (χ4n) is 2.50. The van der Waals surface area contributed by atoms with Gasteiger partial charge in [-0.05, 0) is 65.0 Å². The van der Waals surface area contributed by atoms with Gasteiger partial charge in [-0.3, -0.25) is 4.79 Å². The Morgan fingerprint density at radius 2 is 1.96 bits per heavy atom. The van der Waals surface area contributed by atoms with E-state index in [0.717, 1.165) is 34.3 Å². The van der Waals surface area contributed by atoms with E-state index in [0.29, 0.717) is 6.61 Å². The van der Waals surface area contributed by atoms with Crippen LogP contribution in [0.2, 0.25) is 0 Å². The van der Waals surface area contributed by atoms with Crippen LogP contribution in [0.15, 0.2) is 53.0 Å². The van der Waals surface area contributed by atoms with Crippen LogP contribution in [-0.4, -0.2) is 12.5 Å². The van der Waals surface area contributed by atoms with Gasteiger partial charge in [0.15, 0.2) is 0 Å². The van der Waals surface area contributed by atoms with Gasteiger partial charge in [0.2, 0.25) is 5.91 Å². The zero-order valence-corrected chi connectivity index (χ0v) is 17.0. The van der Waals surface area contributed by atoms with Gasteiger partial charge < -0.3 is 10.1 Å². The highest BCUT2D eigenvalue weighted by Crippen LogP contribution is 2.25. The van der Waals surface area contributed by atoms with Crippen molar-refractivity contribution >= 4 is 33.6 Å². The summed E-state index contributed by atoms with van der Waals surface area (Å²) in [6.07, 6.45) is 7.65. The molecule has 26 heavy (non-hydrogen) atoms. The molecule has 0 aromatic heterocycles. The maximum atomic E-state index is 12.3. The van der Waals surface area contributed by atoms with E-state index in [1.165, 1.54) is 24.5 Å². The minimum Gasteiger partial charge on any atom is -0.493 e. The highest BCUT2D eigenvalue weighted by Gasteiger charge is 2.05. The Morgan fingerprint density at radius 1 is 1.15 bits per heavy atom. The predicted molar refractivity (Wildman–Crippen MR) is 113 cm³/mol. The number of hydrogen-bond acceptors (Lipinski definition) is 2. The number of halogens is 1. The second-order valence-electron chi connectivity index (χ2n) is 6.13. The smallest absolute Gasteiger partial charge is 0.248 e. The Bertz CT molecular complexity index is 756. The van der Waals surface area contributed by atoms with Crippen molar-refractivity contribution < 1.29 is 9.53 Å². The fourth-order valence-corrected chi connectivity index (χ4v) is 3.02. The molecule has 1 N–H and O–H groups in total. The van der Waals surface area contributed by atoms with Gasteiger partial charge in [-0.1, -0.05) is 44.5 Å². The Labute approximate surface area is 164 Å². The van der Waals surface area contributed by atoms with Gasteiger partial charge in [0.25, 0.3) is 0 Å². The van der Waals surface area contributed by atoms with Gasteiger partial charge in [-0.2, -0.15) is 0 Å². The number of rotatable bonds is 9. The van der Waals surface area contributed by atoms with Crippen LogP contribution in [0, 0.1) is 0 Å². The molecule has 0 aliphatic rings. The van der Waals surface area contributed by atoms with Gasteiger partial charge in [0.05, 0.1) is 12.3 Å². The van der Waals surface area contributed by atoms with E-state index in [-0.39, 0.29) is 5.91 Å². The number of aryl methyl sites for hydroxylation is 1. The average molecular weight is 416 g/mol. The summed E-state index contributed by atoms with van der Waals surface area (Å²) < 4.78 is 6.61. The number of ether oxygens (including phenoxy) is 1. The van der Waals surface area contributed by atoms with Crippen molar-refractivity contribution in [1.29, 1.82) is 0 Å². The second-order valence-corrected chi connectivity index (χ2v) is 6.98.